The summed E-state index contributed by atoms with van der Waals surface area (Å²) in [6, 6.07) is 0. The molecule has 1 spiro atoms. The lowest BCUT2D eigenvalue weighted by molar-refractivity contribution is -0.168. The van der Waals surface area contributed by atoms with Crippen molar-refractivity contribution >= 4 is 12.0 Å². The maximum absolute atomic E-state index is 13.3. The van der Waals surface area contributed by atoms with E-state index in [2.05, 4.69) is 12.2 Å². The standard InChI is InChI=1S/C20H34N2O4/c1-5-14-6-8-19(9-7-14)10-11-22(19)16(24)20(12-15(23)13-20)21-17(25)26-18(2,3)4/h14-15,23H,5-13H2,1-4H3,(H,21,25). The molecule has 0 aromatic carbocycles. The van der Waals surface area contributed by atoms with Gasteiger partial charge in [0.1, 0.15) is 11.1 Å². The van der Waals surface area contributed by atoms with E-state index in [9.17, 15) is 14.7 Å². The van der Waals surface area contributed by atoms with Crippen molar-refractivity contribution in [3.05, 3.63) is 0 Å². The Hall–Kier alpha value is -1.30. The van der Waals surface area contributed by atoms with Gasteiger partial charge in [0.25, 0.3) is 0 Å². The maximum atomic E-state index is 13.3. The van der Waals surface area contributed by atoms with Gasteiger partial charge in [0.2, 0.25) is 5.91 Å². The third kappa shape index (κ3) is 3.57. The Kier molecular flexibility index (Phi) is 5.01. The number of hydrogen-bond donors (Lipinski definition) is 2. The quantitative estimate of drug-likeness (QED) is 0.805. The maximum Gasteiger partial charge on any atom is 0.408 e. The smallest absolute Gasteiger partial charge is 0.408 e. The van der Waals surface area contributed by atoms with Crippen LogP contribution in [0.1, 0.15) is 79.1 Å². The largest absolute Gasteiger partial charge is 0.444 e. The Morgan fingerprint density at radius 2 is 1.81 bits per heavy atom. The SMILES string of the molecule is CCC1CCC2(CC1)CCN2C(=O)C1(NC(=O)OC(C)(C)C)CC(O)C1. The van der Waals surface area contributed by atoms with Gasteiger partial charge in [-0.15, -0.1) is 0 Å². The lowest BCUT2D eigenvalue weighted by Crippen LogP contribution is -2.74. The zero-order valence-corrected chi connectivity index (χ0v) is 16.6. The fourth-order valence-electron chi connectivity index (χ4n) is 4.83. The van der Waals surface area contributed by atoms with Gasteiger partial charge in [-0.25, -0.2) is 4.79 Å². The van der Waals surface area contributed by atoms with Crippen molar-refractivity contribution < 1.29 is 19.4 Å². The van der Waals surface area contributed by atoms with E-state index in [0.717, 1.165) is 31.7 Å². The molecule has 0 aromatic rings. The molecule has 3 aliphatic rings. The molecule has 26 heavy (non-hydrogen) atoms. The van der Waals surface area contributed by atoms with Gasteiger partial charge in [0.15, 0.2) is 0 Å². The second-order valence-corrected chi connectivity index (χ2v) is 9.55. The van der Waals surface area contributed by atoms with E-state index in [1.165, 1.54) is 19.3 Å². The van der Waals surface area contributed by atoms with Crippen molar-refractivity contribution in [2.45, 2.75) is 102 Å². The summed E-state index contributed by atoms with van der Waals surface area (Å²) in [5.41, 5.74) is -1.64. The molecule has 2 saturated carbocycles. The Morgan fingerprint density at radius 1 is 1.19 bits per heavy atom. The number of nitrogens with zero attached hydrogens (tertiary/aromatic N) is 1. The van der Waals surface area contributed by atoms with Gasteiger partial charge in [-0.3, -0.25) is 4.79 Å². The van der Waals surface area contributed by atoms with Gasteiger partial charge in [0.05, 0.1) is 6.10 Å². The first-order valence-electron chi connectivity index (χ1n) is 10.1. The van der Waals surface area contributed by atoms with Crippen LogP contribution in [0.2, 0.25) is 0 Å². The molecule has 6 heteroatoms. The fraction of sp³-hybridized carbons (Fsp3) is 0.900. The third-order valence-electron chi connectivity index (χ3n) is 6.55. The molecule has 0 aromatic heterocycles. The van der Waals surface area contributed by atoms with E-state index in [1.54, 1.807) is 20.8 Å². The highest BCUT2D eigenvalue weighted by atomic mass is 16.6. The average Bonchev–Trinajstić information content (AvgIpc) is 2.50. The molecule has 2 amide bonds. The van der Waals surface area contributed by atoms with Crippen LogP contribution in [-0.4, -0.2) is 51.3 Å². The molecule has 148 valence electrons. The minimum absolute atomic E-state index is 0.0219. The van der Waals surface area contributed by atoms with Crippen LogP contribution in [0.3, 0.4) is 0 Å². The molecule has 0 atom stereocenters. The van der Waals surface area contributed by atoms with Crippen molar-refractivity contribution in [1.29, 1.82) is 0 Å². The second-order valence-electron chi connectivity index (χ2n) is 9.55. The molecule has 2 N–H and O–H groups in total. The van der Waals surface area contributed by atoms with Gasteiger partial charge in [-0.1, -0.05) is 13.3 Å². The van der Waals surface area contributed by atoms with E-state index >= 15 is 0 Å². The number of ether oxygens (including phenoxy) is 1. The van der Waals surface area contributed by atoms with Gasteiger partial charge < -0.3 is 20.1 Å². The monoisotopic (exact) mass is 366 g/mol. The molecule has 0 radical (unpaired) electrons. The van der Waals surface area contributed by atoms with Crippen LogP contribution in [0.4, 0.5) is 4.79 Å². The summed E-state index contributed by atoms with van der Waals surface area (Å²) < 4.78 is 5.35. The van der Waals surface area contributed by atoms with Crippen molar-refractivity contribution in [3.63, 3.8) is 0 Å². The lowest BCUT2D eigenvalue weighted by atomic mass is 9.66. The molecule has 0 bridgehead atoms. The lowest BCUT2D eigenvalue weighted by Gasteiger charge is -2.59. The van der Waals surface area contributed by atoms with Gasteiger partial charge >= 0.3 is 6.09 Å². The highest BCUT2D eigenvalue weighted by molar-refractivity contribution is 5.92. The average molecular weight is 367 g/mol. The number of amides is 2. The molecule has 3 rings (SSSR count). The minimum Gasteiger partial charge on any atom is -0.444 e. The summed E-state index contributed by atoms with van der Waals surface area (Å²) in [5.74, 6) is 0.743. The number of aliphatic hydroxyl groups excluding tert-OH is 1. The van der Waals surface area contributed by atoms with Gasteiger partial charge in [0, 0.05) is 24.9 Å². The molecule has 0 unspecified atom stereocenters. The van der Waals surface area contributed by atoms with Crippen molar-refractivity contribution in [2.75, 3.05) is 6.54 Å². The van der Waals surface area contributed by atoms with Crippen LogP contribution < -0.4 is 5.32 Å². The zero-order valence-electron chi connectivity index (χ0n) is 16.6. The van der Waals surface area contributed by atoms with E-state index in [0.29, 0.717) is 0 Å². The van der Waals surface area contributed by atoms with Crippen molar-refractivity contribution in [2.24, 2.45) is 5.92 Å². The molecule has 1 heterocycles. The Labute approximate surface area is 156 Å². The van der Waals surface area contributed by atoms with Crippen LogP contribution in [0.15, 0.2) is 0 Å². The first kappa shape index (κ1) is 19.5. The number of nitrogens with one attached hydrogen (secondary N) is 1. The first-order chi connectivity index (χ1) is 12.1. The van der Waals surface area contributed by atoms with Crippen LogP contribution in [0.25, 0.3) is 0 Å². The Morgan fingerprint density at radius 3 is 2.23 bits per heavy atom. The predicted octanol–water partition coefficient (Wildman–Crippen LogP) is 2.98. The van der Waals surface area contributed by atoms with E-state index in [-0.39, 0.29) is 24.3 Å². The van der Waals surface area contributed by atoms with Crippen LogP contribution in [-0.2, 0) is 9.53 Å². The number of carbonyl (C=O) groups is 2. The third-order valence-corrected chi connectivity index (χ3v) is 6.55. The number of alkyl carbamates (subject to hydrolysis) is 1. The predicted molar refractivity (Wildman–Crippen MR) is 98.7 cm³/mol. The van der Waals surface area contributed by atoms with Gasteiger partial charge in [-0.2, -0.15) is 0 Å². The van der Waals surface area contributed by atoms with E-state index < -0.39 is 23.3 Å². The highest BCUT2D eigenvalue weighted by Crippen LogP contribution is 2.48. The number of aliphatic hydroxyl groups is 1. The molecule has 6 nitrogen and oxygen atoms in total. The summed E-state index contributed by atoms with van der Waals surface area (Å²) in [5, 5.41) is 12.7. The molecular formula is C20H34N2O4. The number of rotatable bonds is 3. The first-order valence-corrected chi connectivity index (χ1v) is 10.1. The fourth-order valence-corrected chi connectivity index (χ4v) is 4.83. The molecule has 2 aliphatic carbocycles. The van der Waals surface area contributed by atoms with Crippen LogP contribution in [0, 0.1) is 5.92 Å². The number of hydrogen-bond acceptors (Lipinski definition) is 4. The number of likely N-dealkylation sites (tertiary alicyclic amines) is 1. The van der Waals surface area contributed by atoms with Crippen LogP contribution >= 0.6 is 0 Å². The normalized spacial score (nSPS) is 36.9. The summed E-state index contributed by atoms with van der Waals surface area (Å²) in [6.07, 6.45) is 6.16. The summed E-state index contributed by atoms with van der Waals surface area (Å²) in [6.45, 7) is 8.39. The van der Waals surface area contributed by atoms with Crippen molar-refractivity contribution in [1.82, 2.24) is 10.2 Å². The molecular weight excluding hydrogens is 332 g/mol. The minimum atomic E-state index is -1.00. The molecule has 3 fully saturated rings. The van der Waals surface area contributed by atoms with Gasteiger partial charge in [-0.05, 0) is 58.8 Å². The summed E-state index contributed by atoms with van der Waals surface area (Å²) in [4.78, 5) is 27.6. The molecule has 1 saturated heterocycles. The topological polar surface area (TPSA) is 78.9 Å². The van der Waals surface area contributed by atoms with Crippen LogP contribution in [0.5, 0.6) is 0 Å². The Bertz CT molecular complexity index is 555. The number of carbonyl (C=O) groups excluding carboxylic acids is 2. The summed E-state index contributed by atoms with van der Waals surface area (Å²) in [7, 11) is 0. The molecule has 1 aliphatic heterocycles. The Balaban J connectivity index is 1.68. The second kappa shape index (κ2) is 6.70. The van der Waals surface area contributed by atoms with E-state index in [4.69, 9.17) is 4.74 Å². The zero-order chi connectivity index (χ0) is 19.2. The highest BCUT2D eigenvalue weighted by Gasteiger charge is 2.58. The summed E-state index contributed by atoms with van der Waals surface area (Å²) >= 11 is 0. The van der Waals surface area contributed by atoms with Crippen molar-refractivity contribution in [3.8, 4) is 0 Å². The van der Waals surface area contributed by atoms with E-state index in [1.807, 2.05) is 4.90 Å².